The molecule has 1 saturated carbocycles. The molecule has 5 rings (SSSR count). The van der Waals surface area contributed by atoms with Crippen LogP contribution in [-0.2, 0) is 16.1 Å². The van der Waals surface area contributed by atoms with Crippen LogP contribution in [0.3, 0.4) is 0 Å². The molecule has 1 aliphatic carbocycles. The van der Waals surface area contributed by atoms with Crippen molar-refractivity contribution in [3.63, 3.8) is 0 Å². The number of alkyl halides is 3. The van der Waals surface area contributed by atoms with E-state index in [1.165, 1.54) is 29.2 Å². The number of carbonyl (C=O) groups excluding carboxylic acids is 4. The molecule has 1 aliphatic heterocycles. The van der Waals surface area contributed by atoms with Gasteiger partial charge in [-0.3, -0.25) is 19.2 Å². The van der Waals surface area contributed by atoms with E-state index in [9.17, 15) is 45.5 Å². The number of amides is 3. The van der Waals surface area contributed by atoms with Crippen molar-refractivity contribution in [2.24, 2.45) is 0 Å². The van der Waals surface area contributed by atoms with Crippen molar-refractivity contribution in [2.45, 2.75) is 43.8 Å². The average molecular weight is 605 g/mol. The molecule has 1 heterocycles. The smallest absolute Gasteiger partial charge is 0.406 e. The third kappa shape index (κ3) is 6.32. The molecule has 3 aromatic rings. The average Bonchev–Trinajstić information content (AvgIpc) is 3.74. The van der Waals surface area contributed by atoms with Crippen molar-refractivity contribution in [1.82, 2.24) is 10.6 Å². The number of hydrogen-bond acceptors (Lipinski definition) is 5. The Bertz CT molecular complexity index is 1620. The topological polar surface area (TPSA) is 105 Å². The van der Waals surface area contributed by atoms with E-state index in [1.807, 2.05) is 0 Å². The first kappa shape index (κ1) is 29.6. The number of nitrogens with one attached hydrogen (secondary N) is 2. The molecule has 1 atom stereocenters. The molecule has 1 fully saturated rings. The zero-order chi connectivity index (χ0) is 31.1. The lowest BCUT2D eigenvalue weighted by Crippen LogP contribution is -2.55. The molecule has 0 aromatic heterocycles. The molecule has 8 nitrogen and oxygen atoms in total. The molecular weight excluding hydrogens is 584 g/mol. The Morgan fingerprint density at radius 1 is 0.930 bits per heavy atom. The van der Waals surface area contributed by atoms with Gasteiger partial charge in [-0.05, 0) is 48.7 Å². The Kier molecular flexibility index (Phi) is 7.63. The molecule has 2 aliphatic rings. The normalized spacial score (nSPS) is 17.5. The number of para-hydroxylation sites is 1. The fourth-order valence-corrected chi connectivity index (χ4v) is 4.70. The zero-order valence-corrected chi connectivity index (χ0v) is 21.9. The standard InChI is InChI=1S/C29H21F6N3O5/c30-19-12-21(32)20(31)11-18(19)25(40)37-28(9-10-28)27(42)36-22-13-24(39)17-3-1-2-4-23(17)38(26(22)41)14-15-5-7-16(8-6-15)43-29(33,34)35/h1-8,11-12,22H,9-10,13-14H2,(H,36,42)(H,37,40)/t22-/m1/s1. The summed E-state index contributed by atoms with van der Waals surface area (Å²) in [5.41, 5.74) is -1.64. The van der Waals surface area contributed by atoms with Gasteiger partial charge in [-0.2, -0.15) is 0 Å². The van der Waals surface area contributed by atoms with Crippen LogP contribution in [0.15, 0.2) is 60.7 Å². The van der Waals surface area contributed by atoms with Crippen LogP contribution in [0.5, 0.6) is 5.75 Å². The Balaban J connectivity index is 1.36. The number of carbonyl (C=O) groups is 4. The number of anilines is 1. The summed E-state index contributed by atoms with van der Waals surface area (Å²) in [4.78, 5) is 54.0. The fraction of sp³-hybridized carbons (Fsp3) is 0.241. The number of hydrogen-bond donors (Lipinski definition) is 2. The molecule has 0 bridgehead atoms. The van der Waals surface area contributed by atoms with Gasteiger partial charge in [0, 0.05) is 18.1 Å². The van der Waals surface area contributed by atoms with Crippen molar-refractivity contribution in [1.29, 1.82) is 0 Å². The molecule has 0 spiro atoms. The Labute approximate surface area is 239 Å². The first-order valence-electron chi connectivity index (χ1n) is 12.8. The minimum absolute atomic E-state index is 0.0843. The van der Waals surface area contributed by atoms with E-state index in [0.29, 0.717) is 11.6 Å². The molecular formula is C29H21F6N3O5. The highest BCUT2D eigenvalue weighted by molar-refractivity contribution is 6.13. The summed E-state index contributed by atoms with van der Waals surface area (Å²) >= 11 is 0. The number of halogens is 6. The van der Waals surface area contributed by atoms with Crippen molar-refractivity contribution in [3.05, 3.63) is 94.8 Å². The van der Waals surface area contributed by atoms with Gasteiger partial charge in [-0.1, -0.05) is 24.3 Å². The Morgan fingerprint density at radius 2 is 1.58 bits per heavy atom. The maximum Gasteiger partial charge on any atom is 0.573 e. The SMILES string of the molecule is O=C(NC1(C(=O)N[C@@H]2CC(=O)c3ccccc3N(Cc3ccc(OC(F)(F)F)cc3)C2=O)CC1)c1cc(F)c(F)cc1F. The molecule has 0 saturated heterocycles. The lowest BCUT2D eigenvalue weighted by molar-refractivity contribution is -0.274. The molecule has 14 heteroatoms. The van der Waals surface area contributed by atoms with Gasteiger partial charge in [0.25, 0.3) is 5.91 Å². The summed E-state index contributed by atoms with van der Waals surface area (Å²) in [6, 6.07) is 10.1. The van der Waals surface area contributed by atoms with Gasteiger partial charge in [-0.15, -0.1) is 13.2 Å². The summed E-state index contributed by atoms with van der Waals surface area (Å²) in [6.07, 6.45) is -5.17. The number of fused-ring (bicyclic) bond motifs is 1. The van der Waals surface area contributed by atoms with E-state index >= 15 is 0 Å². The number of Topliss-reactive ketones (excluding diaryl/α,β-unsaturated/α-hetero) is 1. The van der Waals surface area contributed by atoms with Crippen molar-refractivity contribution in [2.75, 3.05) is 4.90 Å². The number of ether oxygens (including phenoxy) is 1. The van der Waals surface area contributed by atoms with E-state index < -0.39 is 76.6 Å². The molecule has 2 N–H and O–H groups in total. The Morgan fingerprint density at radius 3 is 2.23 bits per heavy atom. The summed E-state index contributed by atoms with van der Waals surface area (Å²) in [5, 5.41) is 4.79. The van der Waals surface area contributed by atoms with Gasteiger partial charge < -0.3 is 20.3 Å². The predicted octanol–water partition coefficient (Wildman–Crippen LogP) is 4.57. The van der Waals surface area contributed by atoms with Crippen LogP contribution in [0.4, 0.5) is 32.0 Å². The lowest BCUT2D eigenvalue weighted by Gasteiger charge is -2.27. The van der Waals surface area contributed by atoms with Crippen LogP contribution >= 0.6 is 0 Å². The van der Waals surface area contributed by atoms with Crippen molar-refractivity contribution in [3.8, 4) is 5.75 Å². The molecule has 0 unspecified atom stereocenters. The number of ketones is 1. The van der Waals surface area contributed by atoms with Gasteiger partial charge in [0.1, 0.15) is 23.1 Å². The summed E-state index contributed by atoms with van der Waals surface area (Å²) in [7, 11) is 0. The van der Waals surface area contributed by atoms with Crippen LogP contribution < -0.4 is 20.3 Å². The summed E-state index contributed by atoms with van der Waals surface area (Å²) in [6.45, 7) is -0.181. The van der Waals surface area contributed by atoms with Gasteiger partial charge >= 0.3 is 6.36 Å². The van der Waals surface area contributed by atoms with Gasteiger partial charge in [-0.25, -0.2) is 13.2 Å². The van der Waals surface area contributed by atoms with E-state index in [1.54, 1.807) is 12.1 Å². The lowest BCUT2D eigenvalue weighted by atomic mass is 10.0. The highest BCUT2D eigenvalue weighted by atomic mass is 19.4. The molecule has 224 valence electrons. The number of benzene rings is 3. The third-order valence-corrected chi connectivity index (χ3v) is 7.04. The van der Waals surface area contributed by atoms with Crippen molar-refractivity contribution < 1.29 is 50.3 Å². The van der Waals surface area contributed by atoms with E-state index in [2.05, 4.69) is 15.4 Å². The summed E-state index contributed by atoms with van der Waals surface area (Å²) < 4.78 is 82.5. The highest BCUT2D eigenvalue weighted by Gasteiger charge is 2.52. The minimum Gasteiger partial charge on any atom is -0.406 e. The van der Waals surface area contributed by atoms with Crippen molar-refractivity contribution >= 4 is 29.2 Å². The zero-order valence-electron chi connectivity index (χ0n) is 21.9. The first-order chi connectivity index (χ1) is 20.3. The van der Waals surface area contributed by atoms with Crippen LogP contribution in [-0.4, -0.2) is 41.4 Å². The Hall–Kier alpha value is -4.88. The molecule has 43 heavy (non-hydrogen) atoms. The number of nitrogens with zero attached hydrogens (tertiary/aromatic N) is 1. The largest absolute Gasteiger partial charge is 0.573 e. The van der Waals surface area contributed by atoms with Crippen LogP contribution in [0.2, 0.25) is 0 Å². The second kappa shape index (κ2) is 11.1. The number of rotatable bonds is 7. The van der Waals surface area contributed by atoms with E-state index in [4.69, 9.17) is 0 Å². The van der Waals surface area contributed by atoms with Crippen LogP contribution in [0, 0.1) is 17.5 Å². The second-order valence-corrected chi connectivity index (χ2v) is 10.1. The van der Waals surface area contributed by atoms with Crippen LogP contribution in [0.25, 0.3) is 0 Å². The monoisotopic (exact) mass is 605 g/mol. The van der Waals surface area contributed by atoms with E-state index in [0.717, 1.165) is 12.1 Å². The maximum atomic E-state index is 14.1. The summed E-state index contributed by atoms with van der Waals surface area (Å²) in [5.74, 6) is -8.01. The molecule has 0 radical (unpaired) electrons. The highest BCUT2D eigenvalue weighted by Crippen LogP contribution is 2.37. The van der Waals surface area contributed by atoms with E-state index in [-0.39, 0.29) is 36.7 Å². The van der Waals surface area contributed by atoms with Gasteiger partial charge in [0.05, 0.1) is 17.8 Å². The second-order valence-electron chi connectivity index (χ2n) is 10.1. The van der Waals surface area contributed by atoms with Crippen LogP contribution in [0.1, 0.15) is 45.5 Å². The predicted molar refractivity (Wildman–Crippen MR) is 137 cm³/mol. The first-order valence-corrected chi connectivity index (χ1v) is 12.8. The molecule has 3 aromatic carbocycles. The third-order valence-electron chi connectivity index (χ3n) is 7.04. The van der Waals surface area contributed by atoms with Gasteiger partial charge in [0.2, 0.25) is 11.8 Å². The maximum absolute atomic E-state index is 14.1. The van der Waals surface area contributed by atoms with Gasteiger partial charge in [0.15, 0.2) is 17.4 Å². The quantitative estimate of drug-likeness (QED) is 0.304. The fourth-order valence-electron chi connectivity index (χ4n) is 4.70. The minimum atomic E-state index is -4.89. The molecule has 3 amide bonds.